The number of carbonyl (C=O) groups is 2. The van der Waals surface area contributed by atoms with Crippen LogP contribution < -0.4 is 15.5 Å². The molecule has 3 rings (SSSR count). The van der Waals surface area contributed by atoms with Gasteiger partial charge in [-0.15, -0.1) is 0 Å². The SMILES string of the molecule is COCC(=O)Nc1ccc(N2CCC(C)CC2)c(C(=O)NC2CC2)c1. The number of carbonyl (C=O) groups excluding carboxylic acids is 2. The van der Waals surface area contributed by atoms with Gasteiger partial charge in [0.15, 0.2) is 0 Å². The van der Waals surface area contributed by atoms with Crippen LogP contribution in [0.5, 0.6) is 0 Å². The number of ether oxygens (including phenoxy) is 1. The van der Waals surface area contributed by atoms with Crippen LogP contribution in [0.25, 0.3) is 0 Å². The minimum absolute atomic E-state index is 0.00459. The molecule has 1 heterocycles. The molecule has 0 atom stereocenters. The molecule has 6 nitrogen and oxygen atoms in total. The molecule has 136 valence electrons. The molecule has 0 unspecified atom stereocenters. The largest absolute Gasteiger partial charge is 0.375 e. The Morgan fingerprint density at radius 2 is 1.92 bits per heavy atom. The Balaban J connectivity index is 1.82. The molecule has 0 aromatic heterocycles. The molecule has 1 saturated carbocycles. The van der Waals surface area contributed by atoms with Gasteiger partial charge in [0.25, 0.3) is 5.91 Å². The monoisotopic (exact) mass is 345 g/mol. The normalized spacial score (nSPS) is 18.1. The van der Waals surface area contributed by atoms with Gasteiger partial charge in [0.1, 0.15) is 6.61 Å². The fourth-order valence-corrected chi connectivity index (χ4v) is 3.14. The van der Waals surface area contributed by atoms with Crippen LogP contribution in [0.2, 0.25) is 0 Å². The van der Waals surface area contributed by atoms with Crippen molar-refractivity contribution in [2.75, 3.05) is 37.0 Å². The van der Waals surface area contributed by atoms with E-state index >= 15 is 0 Å². The van der Waals surface area contributed by atoms with Crippen molar-refractivity contribution in [1.82, 2.24) is 5.32 Å². The van der Waals surface area contributed by atoms with Crippen LogP contribution in [0.3, 0.4) is 0 Å². The molecular weight excluding hydrogens is 318 g/mol. The van der Waals surface area contributed by atoms with Crippen LogP contribution >= 0.6 is 0 Å². The highest BCUT2D eigenvalue weighted by Gasteiger charge is 2.27. The van der Waals surface area contributed by atoms with Gasteiger partial charge in [0.05, 0.1) is 5.56 Å². The fourth-order valence-electron chi connectivity index (χ4n) is 3.14. The summed E-state index contributed by atoms with van der Waals surface area (Å²) in [6, 6.07) is 5.88. The summed E-state index contributed by atoms with van der Waals surface area (Å²) in [6.45, 7) is 4.18. The summed E-state index contributed by atoms with van der Waals surface area (Å²) in [5.74, 6) is 0.446. The van der Waals surface area contributed by atoms with Gasteiger partial charge in [-0.25, -0.2) is 0 Å². The number of rotatable bonds is 6. The molecule has 6 heteroatoms. The number of anilines is 2. The third kappa shape index (κ3) is 4.72. The van der Waals surface area contributed by atoms with Crippen LogP contribution in [0, 0.1) is 5.92 Å². The van der Waals surface area contributed by atoms with Gasteiger partial charge < -0.3 is 20.3 Å². The summed E-state index contributed by atoms with van der Waals surface area (Å²) in [7, 11) is 1.48. The van der Waals surface area contributed by atoms with Crippen molar-refractivity contribution in [3.63, 3.8) is 0 Å². The van der Waals surface area contributed by atoms with Gasteiger partial charge in [-0.2, -0.15) is 0 Å². The van der Waals surface area contributed by atoms with Crippen LogP contribution in [0.4, 0.5) is 11.4 Å². The van der Waals surface area contributed by atoms with Crippen molar-refractivity contribution < 1.29 is 14.3 Å². The van der Waals surface area contributed by atoms with E-state index in [-0.39, 0.29) is 18.4 Å². The van der Waals surface area contributed by atoms with Gasteiger partial charge in [-0.05, 0) is 49.8 Å². The molecule has 1 aliphatic carbocycles. The Hall–Kier alpha value is -2.08. The highest BCUT2D eigenvalue weighted by molar-refractivity contribution is 6.02. The van der Waals surface area contributed by atoms with E-state index in [1.54, 1.807) is 6.07 Å². The zero-order chi connectivity index (χ0) is 17.8. The summed E-state index contributed by atoms with van der Waals surface area (Å²) in [5, 5.41) is 5.84. The summed E-state index contributed by atoms with van der Waals surface area (Å²) in [6.07, 6.45) is 4.37. The van der Waals surface area contributed by atoms with E-state index in [2.05, 4.69) is 22.5 Å². The lowest BCUT2D eigenvalue weighted by Crippen LogP contribution is -2.35. The first-order valence-corrected chi connectivity index (χ1v) is 9.05. The molecule has 2 N–H and O–H groups in total. The molecule has 0 spiro atoms. The highest BCUT2D eigenvalue weighted by Crippen LogP contribution is 2.29. The lowest BCUT2D eigenvalue weighted by molar-refractivity contribution is -0.119. The van der Waals surface area contributed by atoms with Crippen LogP contribution in [-0.4, -0.2) is 44.7 Å². The van der Waals surface area contributed by atoms with Crippen molar-refractivity contribution >= 4 is 23.2 Å². The third-order valence-electron chi connectivity index (χ3n) is 4.84. The number of benzene rings is 1. The van der Waals surface area contributed by atoms with Crippen molar-refractivity contribution in [3.8, 4) is 0 Å². The Morgan fingerprint density at radius 3 is 2.56 bits per heavy atom. The van der Waals surface area contributed by atoms with E-state index in [0.717, 1.165) is 50.4 Å². The highest BCUT2D eigenvalue weighted by atomic mass is 16.5. The third-order valence-corrected chi connectivity index (χ3v) is 4.84. The maximum atomic E-state index is 12.7. The fraction of sp³-hybridized carbons (Fsp3) is 0.579. The number of hydrogen-bond donors (Lipinski definition) is 2. The Bertz CT molecular complexity index is 635. The molecular formula is C19H27N3O3. The summed E-state index contributed by atoms with van der Waals surface area (Å²) in [4.78, 5) is 26.7. The quantitative estimate of drug-likeness (QED) is 0.831. The Kier molecular flexibility index (Phi) is 5.58. The molecule has 1 aliphatic heterocycles. The van der Waals surface area contributed by atoms with E-state index in [4.69, 9.17) is 4.74 Å². The molecule has 2 amide bonds. The average molecular weight is 345 g/mol. The zero-order valence-corrected chi connectivity index (χ0v) is 15.0. The molecule has 1 aromatic carbocycles. The Morgan fingerprint density at radius 1 is 1.20 bits per heavy atom. The first-order valence-electron chi connectivity index (χ1n) is 9.05. The van der Waals surface area contributed by atoms with Gasteiger partial charge in [0, 0.05) is 37.6 Å². The van der Waals surface area contributed by atoms with Crippen LogP contribution in [0.1, 0.15) is 43.0 Å². The van der Waals surface area contributed by atoms with Crippen molar-refractivity contribution in [2.24, 2.45) is 5.92 Å². The van der Waals surface area contributed by atoms with Gasteiger partial charge in [0.2, 0.25) is 5.91 Å². The minimum Gasteiger partial charge on any atom is -0.375 e. The van der Waals surface area contributed by atoms with Gasteiger partial charge in [-0.1, -0.05) is 6.92 Å². The first-order chi connectivity index (χ1) is 12.1. The standard InChI is InChI=1S/C19H27N3O3/c1-13-7-9-22(10-8-13)17-6-5-15(20-18(23)12-25-2)11-16(17)19(24)21-14-3-4-14/h5-6,11,13-14H,3-4,7-10,12H2,1-2H3,(H,20,23)(H,21,24). The van der Waals surface area contributed by atoms with E-state index in [9.17, 15) is 9.59 Å². The van der Waals surface area contributed by atoms with E-state index in [1.165, 1.54) is 7.11 Å². The number of piperidine rings is 1. The van der Waals surface area contributed by atoms with Crippen molar-refractivity contribution in [2.45, 2.75) is 38.6 Å². The van der Waals surface area contributed by atoms with Crippen molar-refractivity contribution in [3.05, 3.63) is 23.8 Å². The van der Waals surface area contributed by atoms with Gasteiger partial charge >= 0.3 is 0 Å². The lowest BCUT2D eigenvalue weighted by Gasteiger charge is -2.33. The molecule has 0 bridgehead atoms. The van der Waals surface area contributed by atoms with E-state index < -0.39 is 0 Å². The summed E-state index contributed by atoms with van der Waals surface area (Å²) in [5.41, 5.74) is 2.21. The van der Waals surface area contributed by atoms with Crippen LogP contribution in [-0.2, 0) is 9.53 Å². The smallest absolute Gasteiger partial charge is 0.253 e. The summed E-state index contributed by atoms with van der Waals surface area (Å²) < 4.78 is 4.84. The number of nitrogens with zero attached hydrogens (tertiary/aromatic N) is 1. The molecule has 1 aromatic rings. The molecule has 25 heavy (non-hydrogen) atoms. The second kappa shape index (κ2) is 7.87. The summed E-state index contributed by atoms with van der Waals surface area (Å²) >= 11 is 0. The van der Waals surface area contributed by atoms with E-state index in [1.807, 2.05) is 12.1 Å². The molecule has 1 saturated heterocycles. The maximum Gasteiger partial charge on any atom is 0.253 e. The topological polar surface area (TPSA) is 70.7 Å². The zero-order valence-electron chi connectivity index (χ0n) is 15.0. The second-order valence-electron chi connectivity index (χ2n) is 7.13. The maximum absolute atomic E-state index is 12.7. The number of methoxy groups -OCH3 is 1. The lowest BCUT2D eigenvalue weighted by atomic mass is 9.97. The number of amides is 2. The number of hydrogen-bond acceptors (Lipinski definition) is 4. The minimum atomic E-state index is -0.226. The first kappa shape index (κ1) is 17.7. The van der Waals surface area contributed by atoms with Crippen LogP contribution in [0.15, 0.2) is 18.2 Å². The predicted octanol–water partition coefficient (Wildman–Crippen LogP) is 2.40. The molecule has 2 aliphatic rings. The molecule has 0 radical (unpaired) electrons. The van der Waals surface area contributed by atoms with E-state index in [0.29, 0.717) is 17.3 Å². The Labute approximate surface area is 148 Å². The van der Waals surface area contributed by atoms with Gasteiger partial charge in [-0.3, -0.25) is 9.59 Å². The second-order valence-corrected chi connectivity index (χ2v) is 7.13. The van der Waals surface area contributed by atoms with Crippen molar-refractivity contribution in [1.29, 1.82) is 0 Å². The average Bonchev–Trinajstić information content (AvgIpc) is 3.40. The molecule has 2 fully saturated rings. The predicted molar refractivity (Wildman–Crippen MR) is 98.0 cm³/mol. The number of nitrogens with one attached hydrogen (secondary N) is 2.